The summed E-state index contributed by atoms with van der Waals surface area (Å²) in [6, 6.07) is 8.61. The maximum absolute atomic E-state index is 12.9. The van der Waals surface area contributed by atoms with Crippen LogP contribution in [0.2, 0.25) is 0 Å². The molecule has 1 aromatic heterocycles. The van der Waals surface area contributed by atoms with Crippen molar-refractivity contribution >= 4 is 16.8 Å². The molecule has 0 bridgehead atoms. The van der Waals surface area contributed by atoms with Crippen LogP contribution in [0.5, 0.6) is 0 Å². The molecule has 6 nitrogen and oxygen atoms in total. The summed E-state index contributed by atoms with van der Waals surface area (Å²) in [5.74, 6) is -0.104. The van der Waals surface area contributed by atoms with Crippen LogP contribution >= 0.6 is 0 Å². The number of benzene rings is 1. The second kappa shape index (κ2) is 7.98. The molecular weight excluding hydrogens is 340 g/mol. The fourth-order valence-electron chi connectivity index (χ4n) is 3.72. The Hall–Kier alpha value is -1.92. The molecule has 1 aliphatic rings. The highest BCUT2D eigenvalue weighted by atomic mass is 16.3. The number of aliphatic hydroxyl groups is 1. The van der Waals surface area contributed by atoms with Crippen molar-refractivity contribution in [3.63, 3.8) is 0 Å². The molecule has 1 unspecified atom stereocenters. The molecule has 27 heavy (non-hydrogen) atoms. The van der Waals surface area contributed by atoms with Crippen molar-refractivity contribution < 1.29 is 9.90 Å². The number of rotatable bonds is 6. The number of para-hydroxylation sites is 1. The summed E-state index contributed by atoms with van der Waals surface area (Å²) in [4.78, 5) is 12.9. The van der Waals surface area contributed by atoms with Gasteiger partial charge in [0.2, 0.25) is 0 Å². The zero-order valence-corrected chi connectivity index (χ0v) is 16.8. The van der Waals surface area contributed by atoms with E-state index in [1.807, 2.05) is 42.8 Å². The van der Waals surface area contributed by atoms with E-state index in [0.717, 1.165) is 43.1 Å². The van der Waals surface area contributed by atoms with Crippen LogP contribution in [0, 0.1) is 0 Å². The molecule has 148 valence electrons. The first kappa shape index (κ1) is 19.8. The minimum atomic E-state index is -0.622. The average Bonchev–Trinajstić information content (AvgIpc) is 3.00. The summed E-state index contributed by atoms with van der Waals surface area (Å²) in [6.45, 7) is 8.59. The third-order valence-electron chi connectivity index (χ3n) is 5.27. The Bertz CT molecular complexity index is 783. The van der Waals surface area contributed by atoms with Crippen molar-refractivity contribution in [3.8, 4) is 0 Å². The van der Waals surface area contributed by atoms with Gasteiger partial charge in [0.15, 0.2) is 5.69 Å². The standard InChI is InChI=1S/C21H32N4O2/c1-14(2)25-18-8-6-5-7-17(18)19(24-25)20(26)23-16-10-9-15(22-13-16)11-12-21(3,4)27/h5-8,14-16,22,27H,9-13H2,1-4H3,(H,23,26)/t15-,16?/m0/s1. The van der Waals surface area contributed by atoms with Gasteiger partial charge in [-0.1, -0.05) is 18.2 Å². The molecular formula is C21H32N4O2. The van der Waals surface area contributed by atoms with E-state index in [-0.39, 0.29) is 18.0 Å². The van der Waals surface area contributed by atoms with Gasteiger partial charge in [0.1, 0.15) is 0 Å². The summed E-state index contributed by atoms with van der Waals surface area (Å²) in [5, 5.41) is 22.0. The van der Waals surface area contributed by atoms with Crippen molar-refractivity contribution in [2.24, 2.45) is 0 Å². The van der Waals surface area contributed by atoms with E-state index >= 15 is 0 Å². The Morgan fingerprint density at radius 3 is 2.74 bits per heavy atom. The van der Waals surface area contributed by atoms with Gasteiger partial charge in [-0.25, -0.2) is 0 Å². The predicted octanol–water partition coefficient (Wildman–Crippen LogP) is 3.02. The van der Waals surface area contributed by atoms with Crippen LogP contribution < -0.4 is 10.6 Å². The zero-order chi connectivity index (χ0) is 19.6. The van der Waals surface area contributed by atoms with Crippen LogP contribution in [0.15, 0.2) is 24.3 Å². The van der Waals surface area contributed by atoms with Crippen LogP contribution in [0.25, 0.3) is 10.9 Å². The molecule has 0 aliphatic carbocycles. The van der Waals surface area contributed by atoms with Crippen LogP contribution in [-0.4, -0.2) is 45.0 Å². The first-order chi connectivity index (χ1) is 12.7. The van der Waals surface area contributed by atoms with Gasteiger partial charge < -0.3 is 15.7 Å². The van der Waals surface area contributed by atoms with Gasteiger partial charge in [0, 0.05) is 30.1 Å². The molecule has 0 spiro atoms. The van der Waals surface area contributed by atoms with Crippen LogP contribution in [0.1, 0.15) is 69.9 Å². The second-order valence-corrected chi connectivity index (χ2v) is 8.61. The number of nitrogens with one attached hydrogen (secondary N) is 2. The van der Waals surface area contributed by atoms with Crippen molar-refractivity contribution in [1.29, 1.82) is 0 Å². The average molecular weight is 373 g/mol. The van der Waals surface area contributed by atoms with Crippen LogP contribution in [0.3, 0.4) is 0 Å². The largest absolute Gasteiger partial charge is 0.390 e. The smallest absolute Gasteiger partial charge is 0.272 e. The number of carbonyl (C=O) groups excluding carboxylic acids is 1. The Kier molecular flexibility index (Phi) is 5.86. The van der Waals surface area contributed by atoms with Gasteiger partial charge >= 0.3 is 0 Å². The maximum Gasteiger partial charge on any atom is 0.272 e. The number of carbonyl (C=O) groups is 1. The van der Waals surface area contributed by atoms with E-state index in [2.05, 4.69) is 29.6 Å². The van der Waals surface area contributed by atoms with Gasteiger partial charge in [-0.2, -0.15) is 5.10 Å². The van der Waals surface area contributed by atoms with Gasteiger partial charge in [-0.3, -0.25) is 9.48 Å². The van der Waals surface area contributed by atoms with Gasteiger partial charge in [-0.15, -0.1) is 0 Å². The third kappa shape index (κ3) is 4.87. The molecule has 2 aromatic rings. The summed E-state index contributed by atoms with van der Waals surface area (Å²) >= 11 is 0. The SMILES string of the molecule is CC(C)n1nc(C(=O)NC2CC[C@@H](CCC(C)(C)O)NC2)c2ccccc21. The lowest BCUT2D eigenvalue weighted by Crippen LogP contribution is -2.49. The molecule has 0 saturated carbocycles. The fraction of sp³-hybridized carbons (Fsp3) is 0.619. The zero-order valence-electron chi connectivity index (χ0n) is 16.8. The Labute approximate surface area is 161 Å². The maximum atomic E-state index is 12.9. The molecule has 1 saturated heterocycles. The summed E-state index contributed by atoms with van der Waals surface area (Å²) in [6.07, 6.45) is 3.67. The molecule has 3 rings (SSSR count). The number of hydrogen-bond donors (Lipinski definition) is 3. The number of fused-ring (bicyclic) bond motifs is 1. The van der Waals surface area contributed by atoms with Gasteiger partial charge in [0.05, 0.1) is 11.1 Å². The highest BCUT2D eigenvalue weighted by Crippen LogP contribution is 2.22. The van der Waals surface area contributed by atoms with Crippen molar-refractivity contribution in [2.75, 3.05) is 6.54 Å². The molecule has 0 radical (unpaired) electrons. The highest BCUT2D eigenvalue weighted by molar-refractivity contribution is 6.05. The predicted molar refractivity (Wildman–Crippen MR) is 108 cm³/mol. The summed E-state index contributed by atoms with van der Waals surface area (Å²) in [5.41, 5.74) is 0.873. The molecule has 1 aromatic carbocycles. The lowest BCUT2D eigenvalue weighted by Gasteiger charge is -2.31. The molecule has 1 amide bonds. The monoisotopic (exact) mass is 372 g/mol. The molecule has 1 aliphatic heterocycles. The van der Waals surface area contributed by atoms with Crippen molar-refractivity contribution in [1.82, 2.24) is 20.4 Å². The second-order valence-electron chi connectivity index (χ2n) is 8.61. The van der Waals surface area contributed by atoms with Crippen LogP contribution in [-0.2, 0) is 0 Å². The van der Waals surface area contributed by atoms with E-state index in [4.69, 9.17) is 0 Å². The molecule has 3 N–H and O–H groups in total. The first-order valence-electron chi connectivity index (χ1n) is 9.98. The normalized spacial score (nSPS) is 21.0. The van der Waals surface area contributed by atoms with Crippen molar-refractivity contribution in [3.05, 3.63) is 30.0 Å². The number of nitrogens with zero attached hydrogens (tertiary/aromatic N) is 2. The van der Waals surface area contributed by atoms with Gasteiger partial charge in [0.25, 0.3) is 5.91 Å². The number of piperidine rings is 1. The summed E-state index contributed by atoms with van der Waals surface area (Å²) in [7, 11) is 0. The topological polar surface area (TPSA) is 79.2 Å². The third-order valence-corrected chi connectivity index (χ3v) is 5.27. The Morgan fingerprint density at radius 1 is 1.37 bits per heavy atom. The summed E-state index contributed by atoms with van der Waals surface area (Å²) < 4.78 is 1.91. The van der Waals surface area contributed by atoms with E-state index in [1.165, 1.54) is 0 Å². The number of amides is 1. The van der Waals surface area contributed by atoms with Crippen molar-refractivity contribution in [2.45, 2.75) is 77.1 Å². The fourth-order valence-corrected chi connectivity index (χ4v) is 3.72. The van der Waals surface area contributed by atoms with E-state index in [9.17, 15) is 9.90 Å². The Balaban J connectivity index is 1.61. The lowest BCUT2D eigenvalue weighted by atomic mass is 9.93. The molecule has 2 heterocycles. The number of hydrogen-bond acceptors (Lipinski definition) is 4. The first-order valence-corrected chi connectivity index (χ1v) is 9.98. The minimum absolute atomic E-state index is 0.104. The van der Waals surface area contributed by atoms with Gasteiger partial charge in [-0.05, 0) is 59.4 Å². The van der Waals surface area contributed by atoms with E-state index in [1.54, 1.807) is 0 Å². The van der Waals surface area contributed by atoms with E-state index < -0.39 is 5.60 Å². The molecule has 1 fully saturated rings. The highest BCUT2D eigenvalue weighted by Gasteiger charge is 2.26. The number of aromatic nitrogens is 2. The Morgan fingerprint density at radius 2 is 2.11 bits per heavy atom. The van der Waals surface area contributed by atoms with Crippen LogP contribution in [0.4, 0.5) is 0 Å². The molecule has 2 atom stereocenters. The lowest BCUT2D eigenvalue weighted by molar-refractivity contribution is 0.0638. The quantitative estimate of drug-likeness (QED) is 0.728. The van der Waals surface area contributed by atoms with E-state index in [0.29, 0.717) is 11.7 Å². The minimum Gasteiger partial charge on any atom is -0.390 e. The molecule has 6 heteroatoms.